The Kier molecular flexibility index (Phi) is 2.16. The van der Waals surface area contributed by atoms with E-state index in [4.69, 9.17) is 9.81 Å². The highest BCUT2D eigenvalue weighted by Crippen LogP contribution is 2.34. The lowest BCUT2D eigenvalue weighted by Gasteiger charge is -2.30. The van der Waals surface area contributed by atoms with Crippen LogP contribution in [0.25, 0.3) is 0 Å². The van der Waals surface area contributed by atoms with Crippen molar-refractivity contribution in [2.24, 2.45) is 5.92 Å². The first-order chi connectivity index (χ1) is 5.04. The Hall–Kier alpha value is -0.600. The van der Waals surface area contributed by atoms with Crippen LogP contribution in [0, 0.1) is 17.2 Å². The largest absolute Gasteiger partial charge is 0.285 e. The Morgan fingerprint density at radius 1 is 1.55 bits per heavy atom. The predicted octanol–water partition coefficient (Wildman–Crippen LogP) is 0.566. The van der Waals surface area contributed by atoms with Crippen LogP contribution in [0.2, 0.25) is 0 Å². The second kappa shape index (κ2) is 2.80. The average molecular weight is 175 g/mol. The third-order valence-corrected chi connectivity index (χ3v) is 3.22. The molecule has 1 aliphatic rings. The molecule has 0 saturated heterocycles. The number of nitriles is 1. The van der Waals surface area contributed by atoms with Crippen molar-refractivity contribution in [3.63, 3.8) is 0 Å². The SMILES string of the molecule is N#CCC1CC(S(=O)(=O)O)C1. The first-order valence-electron chi connectivity index (χ1n) is 3.37. The fraction of sp³-hybridized carbons (Fsp3) is 0.833. The van der Waals surface area contributed by atoms with Gasteiger partial charge in [0.25, 0.3) is 10.1 Å². The van der Waals surface area contributed by atoms with Gasteiger partial charge in [-0.1, -0.05) is 0 Å². The lowest BCUT2D eigenvalue weighted by atomic mass is 9.83. The number of hydrogen-bond donors (Lipinski definition) is 1. The third kappa shape index (κ3) is 1.91. The van der Waals surface area contributed by atoms with Gasteiger partial charge in [0.2, 0.25) is 0 Å². The fourth-order valence-corrected chi connectivity index (χ4v) is 2.24. The van der Waals surface area contributed by atoms with Gasteiger partial charge in [-0.05, 0) is 18.8 Å². The number of rotatable bonds is 2. The second-order valence-corrected chi connectivity index (χ2v) is 4.53. The van der Waals surface area contributed by atoms with Crippen molar-refractivity contribution in [3.05, 3.63) is 0 Å². The van der Waals surface area contributed by atoms with Gasteiger partial charge in [-0.25, -0.2) is 0 Å². The van der Waals surface area contributed by atoms with E-state index in [2.05, 4.69) is 0 Å². The zero-order chi connectivity index (χ0) is 8.48. The molecule has 0 bridgehead atoms. The molecule has 0 aromatic heterocycles. The number of hydrogen-bond acceptors (Lipinski definition) is 3. The van der Waals surface area contributed by atoms with Crippen molar-refractivity contribution in [2.45, 2.75) is 24.5 Å². The highest BCUT2D eigenvalue weighted by molar-refractivity contribution is 7.86. The average Bonchev–Trinajstić information content (AvgIpc) is 1.74. The van der Waals surface area contributed by atoms with Crippen LogP contribution in [-0.2, 0) is 10.1 Å². The monoisotopic (exact) mass is 175 g/mol. The van der Waals surface area contributed by atoms with Crippen molar-refractivity contribution < 1.29 is 13.0 Å². The summed E-state index contributed by atoms with van der Waals surface area (Å²) < 4.78 is 29.4. The van der Waals surface area contributed by atoms with Gasteiger partial charge in [-0.2, -0.15) is 13.7 Å². The van der Waals surface area contributed by atoms with E-state index in [1.54, 1.807) is 0 Å². The maximum Gasteiger partial charge on any atom is 0.267 e. The van der Waals surface area contributed by atoms with Crippen LogP contribution in [0.1, 0.15) is 19.3 Å². The van der Waals surface area contributed by atoms with Crippen molar-refractivity contribution in [1.29, 1.82) is 5.26 Å². The molecule has 0 amide bonds. The highest BCUT2D eigenvalue weighted by Gasteiger charge is 2.37. The summed E-state index contributed by atoms with van der Waals surface area (Å²) in [4.78, 5) is 0. The first kappa shape index (κ1) is 8.50. The summed E-state index contributed by atoms with van der Waals surface area (Å²) in [7, 11) is -3.83. The molecular weight excluding hydrogens is 166 g/mol. The third-order valence-electron chi connectivity index (χ3n) is 1.99. The van der Waals surface area contributed by atoms with E-state index in [-0.39, 0.29) is 5.92 Å². The maximum absolute atomic E-state index is 10.4. The summed E-state index contributed by atoms with van der Waals surface area (Å²) in [6.07, 6.45) is 1.27. The molecule has 4 nitrogen and oxygen atoms in total. The molecule has 1 saturated carbocycles. The second-order valence-electron chi connectivity index (χ2n) is 2.84. The molecule has 1 N–H and O–H groups in total. The van der Waals surface area contributed by atoms with E-state index >= 15 is 0 Å². The molecule has 0 aromatic carbocycles. The molecule has 0 heterocycles. The quantitative estimate of drug-likeness (QED) is 0.622. The molecule has 0 aromatic rings. The Bertz CT molecular complexity index is 271. The van der Waals surface area contributed by atoms with E-state index in [9.17, 15) is 8.42 Å². The van der Waals surface area contributed by atoms with Crippen LogP contribution in [0.3, 0.4) is 0 Å². The zero-order valence-electron chi connectivity index (χ0n) is 5.90. The minimum Gasteiger partial charge on any atom is -0.285 e. The summed E-state index contributed by atoms with van der Waals surface area (Å²) in [6, 6.07) is 1.97. The molecule has 0 aliphatic heterocycles. The van der Waals surface area contributed by atoms with Crippen LogP contribution in [0.4, 0.5) is 0 Å². The molecule has 1 rings (SSSR count). The topological polar surface area (TPSA) is 78.2 Å². The Morgan fingerprint density at radius 2 is 2.09 bits per heavy atom. The zero-order valence-corrected chi connectivity index (χ0v) is 6.71. The minimum atomic E-state index is -3.83. The van der Waals surface area contributed by atoms with Gasteiger partial charge in [-0.15, -0.1) is 0 Å². The maximum atomic E-state index is 10.4. The van der Waals surface area contributed by atoms with Crippen LogP contribution < -0.4 is 0 Å². The van der Waals surface area contributed by atoms with Crippen LogP contribution in [0.15, 0.2) is 0 Å². The lowest BCUT2D eigenvalue weighted by molar-refractivity contribution is 0.304. The lowest BCUT2D eigenvalue weighted by Crippen LogP contribution is -2.35. The van der Waals surface area contributed by atoms with Crippen molar-refractivity contribution in [3.8, 4) is 6.07 Å². The fourth-order valence-electron chi connectivity index (χ4n) is 1.21. The molecule has 5 heteroatoms. The van der Waals surface area contributed by atoms with E-state index in [0.29, 0.717) is 19.3 Å². The summed E-state index contributed by atoms with van der Waals surface area (Å²) in [5.41, 5.74) is 0. The van der Waals surface area contributed by atoms with Gasteiger partial charge in [0.1, 0.15) is 0 Å². The molecule has 11 heavy (non-hydrogen) atoms. The number of nitrogens with zero attached hydrogens (tertiary/aromatic N) is 1. The van der Waals surface area contributed by atoms with Crippen molar-refractivity contribution in [1.82, 2.24) is 0 Å². The smallest absolute Gasteiger partial charge is 0.267 e. The molecule has 0 spiro atoms. The van der Waals surface area contributed by atoms with E-state index in [1.165, 1.54) is 0 Å². The Balaban J connectivity index is 2.37. The van der Waals surface area contributed by atoms with Crippen molar-refractivity contribution in [2.75, 3.05) is 0 Å². The molecule has 0 radical (unpaired) electrons. The van der Waals surface area contributed by atoms with Gasteiger partial charge in [0, 0.05) is 6.42 Å². The van der Waals surface area contributed by atoms with Gasteiger partial charge >= 0.3 is 0 Å². The minimum absolute atomic E-state index is 0.173. The first-order valence-corrected chi connectivity index (χ1v) is 4.87. The van der Waals surface area contributed by atoms with Crippen LogP contribution in [-0.4, -0.2) is 18.2 Å². The Labute approximate surface area is 65.6 Å². The summed E-state index contributed by atoms with van der Waals surface area (Å²) in [5.74, 6) is 0.173. The van der Waals surface area contributed by atoms with Crippen molar-refractivity contribution >= 4 is 10.1 Å². The molecule has 0 atom stereocenters. The van der Waals surface area contributed by atoms with E-state index in [1.807, 2.05) is 6.07 Å². The van der Waals surface area contributed by atoms with Gasteiger partial charge in [-0.3, -0.25) is 4.55 Å². The highest BCUT2D eigenvalue weighted by atomic mass is 32.2. The van der Waals surface area contributed by atoms with E-state index < -0.39 is 15.4 Å². The summed E-state index contributed by atoms with van der Waals surface area (Å²) in [5, 5.41) is 7.62. The predicted molar refractivity (Wildman–Crippen MR) is 38.3 cm³/mol. The molecule has 1 aliphatic carbocycles. The molecule has 0 unspecified atom stereocenters. The van der Waals surface area contributed by atoms with Crippen LogP contribution in [0.5, 0.6) is 0 Å². The van der Waals surface area contributed by atoms with E-state index in [0.717, 1.165) is 0 Å². The summed E-state index contributed by atoms with van der Waals surface area (Å²) in [6.45, 7) is 0. The Morgan fingerprint density at radius 3 is 2.45 bits per heavy atom. The van der Waals surface area contributed by atoms with Gasteiger partial charge < -0.3 is 0 Å². The normalized spacial score (nSPS) is 30.5. The van der Waals surface area contributed by atoms with Crippen LogP contribution >= 0.6 is 0 Å². The van der Waals surface area contributed by atoms with Gasteiger partial charge in [0.15, 0.2) is 0 Å². The molecule has 1 fully saturated rings. The summed E-state index contributed by atoms with van der Waals surface area (Å²) >= 11 is 0. The molecule has 62 valence electrons. The van der Waals surface area contributed by atoms with Gasteiger partial charge in [0.05, 0.1) is 11.3 Å². The standard InChI is InChI=1S/C6H9NO3S/c7-2-1-5-3-6(4-5)11(8,9)10/h5-6H,1,3-4H2,(H,8,9,10). The molecular formula is C6H9NO3S.